The number of thiocarbonyl (C=S) groups is 1. The van der Waals surface area contributed by atoms with E-state index in [1.165, 1.54) is 6.07 Å². The van der Waals surface area contributed by atoms with Gasteiger partial charge < -0.3 is 19.4 Å². The van der Waals surface area contributed by atoms with Crippen molar-refractivity contribution in [1.82, 2.24) is 15.2 Å². The van der Waals surface area contributed by atoms with Crippen molar-refractivity contribution in [2.45, 2.75) is 31.0 Å². The van der Waals surface area contributed by atoms with Gasteiger partial charge >= 0.3 is 0 Å². The molecule has 31 heavy (non-hydrogen) atoms. The molecule has 160 valence electrons. The second-order valence-electron chi connectivity index (χ2n) is 7.74. The Morgan fingerprint density at radius 2 is 2.13 bits per heavy atom. The average Bonchev–Trinajstić information content (AvgIpc) is 3.51. The van der Waals surface area contributed by atoms with Crippen LogP contribution in [0.3, 0.4) is 0 Å². The number of halogens is 2. The lowest BCUT2D eigenvalue weighted by Crippen LogP contribution is -2.36. The SMILES string of the molecule is Fc1cc(Br)ccc1-c1ccc([C@@H]2[C@H](c3ccccn3)NC(=S)N2C[C@@H]2CCCO2)o1. The van der Waals surface area contributed by atoms with E-state index in [1.807, 2.05) is 30.3 Å². The molecule has 5 nitrogen and oxygen atoms in total. The minimum atomic E-state index is -0.340. The molecular weight excluding hydrogens is 481 g/mol. The molecule has 1 aromatic carbocycles. The molecule has 0 radical (unpaired) electrons. The maximum atomic E-state index is 14.5. The summed E-state index contributed by atoms with van der Waals surface area (Å²) in [6, 6.07) is 14.1. The largest absolute Gasteiger partial charge is 0.459 e. The number of ether oxygens (including phenoxy) is 1. The summed E-state index contributed by atoms with van der Waals surface area (Å²) in [5.41, 5.74) is 1.29. The number of pyridine rings is 1. The zero-order chi connectivity index (χ0) is 21.4. The van der Waals surface area contributed by atoms with Crippen LogP contribution in [-0.2, 0) is 4.74 Å². The van der Waals surface area contributed by atoms with E-state index in [2.05, 4.69) is 31.1 Å². The molecule has 0 aliphatic carbocycles. The minimum Gasteiger partial charge on any atom is -0.459 e. The van der Waals surface area contributed by atoms with Crippen molar-refractivity contribution in [3.8, 4) is 11.3 Å². The van der Waals surface area contributed by atoms with Gasteiger partial charge in [0.2, 0.25) is 0 Å². The van der Waals surface area contributed by atoms with Gasteiger partial charge in [0, 0.05) is 23.8 Å². The van der Waals surface area contributed by atoms with Gasteiger partial charge in [-0.25, -0.2) is 4.39 Å². The zero-order valence-electron chi connectivity index (χ0n) is 16.6. The van der Waals surface area contributed by atoms with Crippen molar-refractivity contribution >= 4 is 33.3 Å². The monoisotopic (exact) mass is 501 g/mol. The molecule has 2 aromatic heterocycles. The predicted octanol–water partition coefficient (Wildman–Crippen LogP) is 5.39. The van der Waals surface area contributed by atoms with E-state index < -0.39 is 0 Å². The Hall–Kier alpha value is -2.29. The summed E-state index contributed by atoms with van der Waals surface area (Å²) < 4.78 is 27.3. The zero-order valence-corrected chi connectivity index (χ0v) is 19.0. The lowest BCUT2D eigenvalue weighted by molar-refractivity contribution is 0.0818. The fourth-order valence-corrected chi connectivity index (χ4v) is 4.91. The maximum absolute atomic E-state index is 14.5. The molecule has 0 unspecified atom stereocenters. The van der Waals surface area contributed by atoms with Crippen molar-refractivity contribution in [3.05, 3.63) is 76.5 Å². The molecule has 5 rings (SSSR count). The normalized spacial score (nSPS) is 23.4. The number of hydrogen-bond donors (Lipinski definition) is 1. The molecule has 2 aliphatic heterocycles. The van der Waals surface area contributed by atoms with E-state index in [0.29, 0.717) is 33.2 Å². The Morgan fingerprint density at radius 3 is 2.87 bits per heavy atom. The van der Waals surface area contributed by atoms with Gasteiger partial charge in [0.25, 0.3) is 0 Å². The third kappa shape index (κ3) is 4.12. The number of hydrogen-bond acceptors (Lipinski definition) is 4. The number of benzene rings is 1. The van der Waals surface area contributed by atoms with Gasteiger partial charge in [0.05, 0.1) is 23.4 Å². The van der Waals surface area contributed by atoms with Crippen LogP contribution in [0.4, 0.5) is 4.39 Å². The first-order valence-electron chi connectivity index (χ1n) is 10.2. The van der Waals surface area contributed by atoms with E-state index in [1.54, 1.807) is 18.3 Å². The number of aromatic nitrogens is 1. The third-order valence-electron chi connectivity index (χ3n) is 5.74. The summed E-state index contributed by atoms with van der Waals surface area (Å²) in [5, 5.41) is 4.05. The van der Waals surface area contributed by atoms with Crippen LogP contribution in [0.5, 0.6) is 0 Å². The van der Waals surface area contributed by atoms with Gasteiger partial charge in [-0.15, -0.1) is 0 Å². The highest BCUT2D eigenvalue weighted by Crippen LogP contribution is 2.41. The molecule has 2 fully saturated rings. The summed E-state index contributed by atoms with van der Waals surface area (Å²) in [4.78, 5) is 6.66. The molecule has 1 N–H and O–H groups in total. The molecule has 0 amide bonds. The quantitative estimate of drug-likeness (QED) is 0.472. The van der Waals surface area contributed by atoms with Gasteiger partial charge in [-0.1, -0.05) is 22.0 Å². The molecule has 8 heteroatoms. The molecule has 0 saturated carbocycles. The Labute approximate surface area is 193 Å². The second-order valence-corrected chi connectivity index (χ2v) is 9.04. The van der Waals surface area contributed by atoms with Crippen LogP contribution in [-0.4, -0.2) is 34.3 Å². The Bertz CT molecular complexity index is 1090. The Kier molecular flexibility index (Phi) is 5.77. The summed E-state index contributed by atoms with van der Waals surface area (Å²) in [7, 11) is 0. The molecule has 2 saturated heterocycles. The van der Waals surface area contributed by atoms with Crippen LogP contribution in [0.1, 0.15) is 36.4 Å². The van der Waals surface area contributed by atoms with E-state index in [0.717, 1.165) is 25.1 Å². The lowest BCUT2D eigenvalue weighted by atomic mass is 10.0. The van der Waals surface area contributed by atoms with Crippen molar-refractivity contribution in [2.75, 3.05) is 13.2 Å². The van der Waals surface area contributed by atoms with Gasteiger partial charge in [-0.05, 0) is 67.5 Å². The highest BCUT2D eigenvalue weighted by atomic mass is 79.9. The highest BCUT2D eigenvalue weighted by molar-refractivity contribution is 9.10. The van der Waals surface area contributed by atoms with E-state index in [9.17, 15) is 4.39 Å². The maximum Gasteiger partial charge on any atom is 0.170 e. The van der Waals surface area contributed by atoms with Crippen LogP contribution in [0.25, 0.3) is 11.3 Å². The van der Waals surface area contributed by atoms with Crippen LogP contribution >= 0.6 is 28.1 Å². The van der Waals surface area contributed by atoms with Crippen LogP contribution in [0, 0.1) is 5.82 Å². The summed E-state index contributed by atoms with van der Waals surface area (Å²) >= 11 is 8.99. The molecule has 3 atom stereocenters. The van der Waals surface area contributed by atoms with Crippen molar-refractivity contribution in [1.29, 1.82) is 0 Å². The van der Waals surface area contributed by atoms with Crippen molar-refractivity contribution < 1.29 is 13.5 Å². The summed E-state index contributed by atoms with van der Waals surface area (Å²) in [6.45, 7) is 1.45. The van der Waals surface area contributed by atoms with E-state index in [4.69, 9.17) is 21.4 Å². The number of nitrogens with zero attached hydrogens (tertiary/aromatic N) is 2. The molecule has 2 aliphatic rings. The average molecular weight is 502 g/mol. The smallest absolute Gasteiger partial charge is 0.170 e. The van der Waals surface area contributed by atoms with Crippen LogP contribution in [0.15, 0.2) is 63.6 Å². The van der Waals surface area contributed by atoms with Crippen LogP contribution in [0.2, 0.25) is 0 Å². The molecular formula is C23H21BrFN3O2S. The van der Waals surface area contributed by atoms with Gasteiger partial charge in [0.15, 0.2) is 5.11 Å². The molecule has 0 bridgehead atoms. The highest BCUT2D eigenvalue weighted by Gasteiger charge is 2.42. The van der Waals surface area contributed by atoms with Crippen LogP contribution < -0.4 is 5.32 Å². The minimum absolute atomic E-state index is 0.128. The predicted molar refractivity (Wildman–Crippen MR) is 123 cm³/mol. The first-order chi connectivity index (χ1) is 15.1. The fourth-order valence-electron chi connectivity index (χ4n) is 4.26. The molecule has 4 heterocycles. The van der Waals surface area contributed by atoms with E-state index >= 15 is 0 Å². The Morgan fingerprint density at radius 1 is 1.23 bits per heavy atom. The summed E-state index contributed by atoms with van der Waals surface area (Å²) in [6.07, 6.45) is 3.96. The third-order valence-corrected chi connectivity index (χ3v) is 6.58. The first-order valence-corrected chi connectivity index (χ1v) is 11.4. The van der Waals surface area contributed by atoms with Gasteiger partial charge in [-0.3, -0.25) is 4.98 Å². The number of furan rings is 1. The van der Waals surface area contributed by atoms with Crippen molar-refractivity contribution in [2.24, 2.45) is 0 Å². The van der Waals surface area contributed by atoms with Gasteiger partial charge in [-0.2, -0.15) is 0 Å². The second kappa shape index (κ2) is 8.68. The van der Waals surface area contributed by atoms with Crippen molar-refractivity contribution in [3.63, 3.8) is 0 Å². The van der Waals surface area contributed by atoms with Gasteiger partial charge in [0.1, 0.15) is 23.4 Å². The first kappa shape index (κ1) is 20.6. The number of rotatable bonds is 5. The standard InChI is InChI=1S/C23H21BrFN3O2S/c24-14-6-7-16(17(25)12-14)19-8-9-20(30-19)22-21(18-5-1-2-10-26-18)27-23(31)28(22)13-15-4-3-11-29-15/h1-2,5-10,12,15,21-22H,3-4,11,13H2,(H,27,31)/t15-,21-,22+/m0/s1. The Balaban J connectivity index is 1.51. The lowest BCUT2D eigenvalue weighted by Gasteiger charge is -2.28. The topological polar surface area (TPSA) is 50.5 Å². The fraction of sp³-hybridized carbons (Fsp3) is 0.304. The summed E-state index contributed by atoms with van der Waals surface area (Å²) in [5.74, 6) is 0.848. The molecule has 0 spiro atoms. The van der Waals surface area contributed by atoms with E-state index in [-0.39, 0.29) is 24.0 Å². The number of nitrogens with one attached hydrogen (secondary N) is 1. The molecule has 3 aromatic rings.